The Hall–Kier alpha value is -1.20. The third kappa shape index (κ3) is 6.15. The molecular formula is C18H29IN6OS. The van der Waals surface area contributed by atoms with Gasteiger partial charge >= 0.3 is 0 Å². The smallest absolute Gasteiger partial charge is 0.194 e. The topological polar surface area (TPSA) is 69.8 Å². The SMILES string of the molecule is CN=C(NCc1csc(C(C)C)n1)N1CCN(Cc2cc(C)on2)CC1.I. The minimum Gasteiger partial charge on any atom is -0.361 e. The highest BCUT2D eigenvalue weighted by atomic mass is 127. The van der Waals surface area contributed by atoms with E-state index in [2.05, 4.69) is 49.5 Å². The molecule has 2 aromatic heterocycles. The second-order valence-corrected chi connectivity index (χ2v) is 7.81. The summed E-state index contributed by atoms with van der Waals surface area (Å²) < 4.78 is 5.15. The maximum atomic E-state index is 5.15. The van der Waals surface area contributed by atoms with Crippen molar-refractivity contribution in [3.05, 3.63) is 33.6 Å². The first-order chi connectivity index (χ1) is 12.5. The average Bonchev–Trinajstić information content (AvgIpc) is 3.26. The van der Waals surface area contributed by atoms with Crippen molar-refractivity contribution < 1.29 is 4.52 Å². The summed E-state index contributed by atoms with van der Waals surface area (Å²) in [5.41, 5.74) is 2.09. The van der Waals surface area contributed by atoms with E-state index in [9.17, 15) is 0 Å². The minimum absolute atomic E-state index is 0. The van der Waals surface area contributed by atoms with E-state index >= 15 is 0 Å². The molecule has 27 heavy (non-hydrogen) atoms. The molecule has 9 heteroatoms. The van der Waals surface area contributed by atoms with Gasteiger partial charge in [-0.3, -0.25) is 9.89 Å². The van der Waals surface area contributed by atoms with Crippen LogP contribution in [0.15, 0.2) is 21.0 Å². The molecule has 0 aromatic carbocycles. The lowest BCUT2D eigenvalue weighted by Crippen LogP contribution is -2.52. The number of thiazole rings is 1. The summed E-state index contributed by atoms with van der Waals surface area (Å²) in [5, 5.41) is 10.9. The van der Waals surface area contributed by atoms with Crippen LogP contribution >= 0.6 is 35.3 Å². The van der Waals surface area contributed by atoms with Gasteiger partial charge in [0.05, 0.1) is 22.9 Å². The molecule has 1 aliphatic heterocycles. The van der Waals surface area contributed by atoms with E-state index in [0.717, 1.165) is 55.8 Å². The molecule has 3 heterocycles. The minimum atomic E-state index is 0. The molecule has 1 aliphatic rings. The fourth-order valence-corrected chi connectivity index (χ4v) is 3.85. The maximum absolute atomic E-state index is 5.15. The van der Waals surface area contributed by atoms with Crippen molar-refractivity contribution in [3.8, 4) is 0 Å². The molecule has 7 nitrogen and oxygen atoms in total. The number of hydrogen-bond acceptors (Lipinski definition) is 6. The van der Waals surface area contributed by atoms with Crippen LogP contribution in [0.25, 0.3) is 0 Å². The predicted molar refractivity (Wildman–Crippen MR) is 120 cm³/mol. The lowest BCUT2D eigenvalue weighted by molar-refractivity contribution is 0.169. The molecule has 1 saturated heterocycles. The third-order valence-corrected chi connectivity index (χ3v) is 5.63. The van der Waals surface area contributed by atoms with Crippen molar-refractivity contribution in [3.63, 3.8) is 0 Å². The number of nitrogens with zero attached hydrogens (tertiary/aromatic N) is 5. The Morgan fingerprint density at radius 1 is 1.30 bits per heavy atom. The van der Waals surface area contributed by atoms with Gasteiger partial charge in [-0.15, -0.1) is 35.3 Å². The summed E-state index contributed by atoms with van der Waals surface area (Å²) in [4.78, 5) is 13.8. The zero-order valence-corrected chi connectivity index (χ0v) is 19.6. The number of nitrogens with one attached hydrogen (secondary N) is 1. The predicted octanol–water partition coefficient (Wildman–Crippen LogP) is 3.07. The highest BCUT2D eigenvalue weighted by Gasteiger charge is 2.20. The van der Waals surface area contributed by atoms with E-state index in [1.807, 2.05) is 20.0 Å². The average molecular weight is 504 g/mol. The number of aliphatic imine (C=N–C) groups is 1. The Bertz CT molecular complexity index is 736. The molecule has 2 aromatic rings. The van der Waals surface area contributed by atoms with Crippen LogP contribution in [-0.4, -0.2) is 59.1 Å². The van der Waals surface area contributed by atoms with Gasteiger partial charge in [0, 0.05) is 57.1 Å². The van der Waals surface area contributed by atoms with Crippen LogP contribution in [0.1, 0.15) is 41.9 Å². The van der Waals surface area contributed by atoms with E-state index in [0.29, 0.717) is 12.5 Å². The van der Waals surface area contributed by atoms with E-state index in [4.69, 9.17) is 4.52 Å². The zero-order chi connectivity index (χ0) is 18.5. The van der Waals surface area contributed by atoms with Crippen LogP contribution in [0.4, 0.5) is 0 Å². The maximum Gasteiger partial charge on any atom is 0.194 e. The van der Waals surface area contributed by atoms with Crippen molar-refractivity contribution in [2.24, 2.45) is 4.99 Å². The van der Waals surface area contributed by atoms with Gasteiger partial charge in [-0.05, 0) is 6.92 Å². The monoisotopic (exact) mass is 504 g/mol. The molecule has 1 N–H and O–H groups in total. The Morgan fingerprint density at radius 3 is 2.59 bits per heavy atom. The molecule has 0 spiro atoms. The van der Waals surface area contributed by atoms with Gasteiger partial charge in [-0.1, -0.05) is 19.0 Å². The van der Waals surface area contributed by atoms with Crippen molar-refractivity contribution in [1.29, 1.82) is 0 Å². The van der Waals surface area contributed by atoms with Crippen molar-refractivity contribution in [2.75, 3.05) is 33.2 Å². The van der Waals surface area contributed by atoms with E-state index in [-0.39, 0.29) is 24.0 Å². The number of guanidine groups is 1. The molecule has 0 saturated carbocycles. The summed E-state index contributed by atoms with van der Waals surface area (Å²) in [6, 6.07) is 2.01. The first-order valence-electron chi connectivity index (χ1n) is 9.09. The van der Waals surface area contributed by atoms with Crippen molar-refractivity contribution >= 4 is 41.3 Å². The largest absolute Gasteiger partial charge is 0.361 e. The van der Waals surface area contributed by atoms with Gasteiger partial charge in [0.2, 0.25) is 0 Å². The summed E-state index contributed by atoms with van der Waals surface area (Å²) in [6.45, 7) is 11.7. The Kier molecular flexibility index (Phi) is 8.49. The lowest BCUT2D eigenvalue weighted by Gasteiger charge is -2.36. The molecule has 0 unspecified atom stereocenters. The summed E-state index contributed by atoms with van der Waals surface area (Å²) in [5.74, 6) is 2.29. The van der Waals surface area contributed by atoms with E-state index < -0.39 is 0 Å². The number of aromatic nitrogens is 2. The molecule has 1 fully saturated rings. The van der Waals surface area contributed by atoms with Crippen molar-refractivity contribution in [1.82, 2.24) is 25.3 Å². The van der Waals surface area contributed by atoms with Crippen LogP contribution in [0.5, 0.6) is 0 Å². The van der Waals surface area contributed by atoms with Crippen LogP contribution in [-0.2, 0) is 13.1 Å². The molecule has 0 radical (unpaired) electrons. The second kappa shape index (κ2) is 10.4. The molecule has 150 valence electrons. The first kappa shape index (κ1) is 22.1. The Balaban J connectivity index is 0.00000261. The molecule has 3 rings (SSSR count). The number of piperazine rings is 1. The van der Waals surface area contributed by atoms with Crippen molar-refractivity contribution in [2.45, 2.75) is 39.8 Å². The van der Waals surface area contributed by atoms with Gasteiger partial charge in [-0.2, -0.15) is 0 Å². The van der Waals surface area contributed by atoms with Crippen LogP contribution in [0, 0.1) is 6.92 Å². The van der Waals surface area contributed by atoms with Gasteiger partial charge in [0.15, 0.2) is 5.96 Å². The molecule has 0 aliphatic carbocycles. The number of halogens is 1. The summed E-state index contributed by atoms with van der Waals surface area (Å²) in [6.07, 6.45) is 0. The summed E-state index contributed by atoms with van der Waals surface area (Å²) in [7, 11) is 1.84. The van der Waals surface area contributed by atoms with Crippen LogP contribution in [0.2, 0.25) is 0 Å². The molecule has 0 amide bonds. The van der Waals surface area contributed by atoms with Gasteiger partial charge in [0.1, 0.15) is 5.76 Å². The Labute approximate surface area is 182 Å². The highest BCUT2D eigenvalue weighted by Crippen LogP contribution is 2.19. The molecule has 0 bridgehead atoms. The fourth-order valence-electron chi connectivity index (χ4n) is 3.01. The van der Waals surface area contributed by atoms with E-state index in [1.54, 1.807) is 11.3 Å². The third-order valence-electron chi connectivity index (χ3n) is 4.44. The summed E-state index contributed by atoms with van der Waals surface area (Å²) >= 11 is 1.73. The number of rotatable bonds is 5. The van der Waals surface area contributed by atoms with Gasteiger partial charge in [0.25, 0.3) is 0 Å². The Morgan fingerprint density at radius 2 is 2.04 bits per heavy atom. The lowest BCUT2D eigenvalue weighted by atomic mass is 10.2. The van der Waals surface area contributed by atoms with Crippen LogP contribution in [0.3, 0.4) is 0 Å². The first-order valence-corrected chi connectivity index (χ1v) is 9.97. The van der Waals surface area contributed by atoms with Crippen LogP contribution < -0.4 is 5.32 Å². The zero-order valence-electron chi connectivity index (χ0n) is 16.4. The molecule has 0 atom stereocenters. The highest BCUT2D eigenvalue weighted by molar-refractivity contribution is 14.0. The fraction of sp³-hybridized carbons (Fsp3) is 0.611. The second-order valence-electron chi connectivity index (χ2n) is 6.92. The number of hydrogen-bond donors (Lipinski definition) is 1. The number of aryl methyl sites for hydroxylation is 1. The standard InChI is InChI=1S/C18H28N6OS.HI/c1-13(2)17-21-16(12-26-17)10-20-18(19-4)24-7-5-23(6-8-24)11-15-9-14(3)25-22-15;/h9,12-13H,5-8,10-11H2,1-4H3,(H,19,20);1H. The van der Waals surface area contributed by atoms with Gasteiger partial charge < -0.3 is 14.7 Å². The quantitative estimate of drug-likeness (QED) is 0.384. The van der Waals surface area contributed by atoms with E-state index in [1.165, 1.54) is 5.01 Å². The molecular weight excluding hydrogens is 475 g/mol. The van der Waals surface area contributed by atoms with Gasteiger partial charge in [-0.25, -0.2) is 4.98 Å². The normalized spacial score (nSPS) is 15.9.